The topological polar surface area (TPSA) is 94.5 Å². The van der Waals surface area contributed by atoms with Gasteiger partial charge in [0.15, 0.2) is 5.76 Å². The van der Waals surface area contributed by atoms with E-state index in [4.69, 9.17) is 14.9 Å². The van der Waals surface area contributed by atoms with E-state index in [2.05, 4.69) is 9.97 Å². The number of hydrogen-bond acceptors (Lipinski definition) is 7. The second-order valence-electron chi connectivity index (χ2n) is 5.67. The molecule has 0 fully saturated rings. The maximum Gasteiger partial charge on any atom is 0.344 e. The van der Waals surface area contributed by atoms with Crippen molar-refractivity contribution in [2.45, 2.75) is 13.5 Å². The number of nitrogen functional groups attached to an aromatic ring is 1. The summed E-state index contributed by atoms with van der Waals surface area (Å²) in [4.78, 5) is 23.0. The number of carbonyl (C=O) groups is 1. The molecule has 2 heterocycles. The van der Waals surface area contributed by atoms with E-state index in [1.165, 1.54) is 6.26 Å². The fourth-order valence-electron chi connectivity index (χ4n) is 2.66. The van der Waals surface area contributed by atoms with Gasteiger partial charge in [0.05, 0.1) is 12.9 Å². The molecule has 134 valence electrons. The molecule has 0 aliphatic heterocycles. The van der Waals surface area contributed by atoms with Gasteiger partial charge in [-0.1, -0.05) is 30.3 Å². The number of anilines is 2. The Morgan fingerprint density at radius 3 is 2.62 bits per heavy atom. The largest absolute Gasteiger partial charge is 0.463 e. The van der Waals surface area contributed by atoms with Crippen molar-refractivity contribution < 1.29 is 13.9 Å². The van der Waals surface area contributed by atoms with E-state index in [9.17, 15) is 4.79 Å². The Hall–Kier alpha value is -3.35. The summed E-state index contributed by atoms with van der Waals surface area (Å²) in [5.41, 5.74) is 7.51. The van der Waals surface area contributed by atoms with Crippen LogP contribution in [0.2, 0.25) is 0 Å². The molecule has 3 rings (SSSR count). The zero-order valence-electron chi connectivity index (χ0n) is 14.7. The normalized spacial score (nSPS) is 10.5. The quantitative estimate of drug-likeness (QED) is 0.681. The van der Waals surface area contributed by atoms with Gasteiger partial charge >= 0.3 is 5.97 Å². The molecule has 1 aromatic carbocycles. The van der Waals surface area contributed by atoms with Crippen LogP contribution in [0.4, 0.5) is 11.8 Å². The zero-order valence-corrected chi connectivity index (χ0v) is 14.7. The maximum atomic E-state index is 12.6. The molecular formula is C19H20N4O3. The first kappa shape index (κ1) is 17.5. The van der Waals surface area contributed by atoms with Crippen molar-refractivity contribution >= 4 is 17.7 Å². The molecule has 2 aromatic heterocycles. The lowest BCUT2D eigenvalue weighted by molar-refractivity contribution is 0.0527. The molecule has 0 aliphatic rings. The first-order valence-electron chi connectivity index (χ1n) is 8.23. The first-order chi connectivity index (χ1) is 12.6. The van der Waals surface area contributed by atoms with E-state index in [0.29, 0.717) is 23.8 Å². The molecular weight excluding hydrogens is 332 g/mol. The minimum atomic E-state index is -0.520. The molecule has 7 heteroatoms. The van der Waals surface area contributed by atoms with E-state index < -0.39 is 5.97 Å². The van der Waals surface area contributed by atoms with Crippen molar-refractivity contribution in [3.8, 4) is 11.5 Å². The molecule has 0 atom stereocenters. The van der Waals surface area contributed by atoms with Crippen LogP contribution >= 0.6 is 0 Å². The van der Waals surface area contributed by atoms with Crippen LogP contribution in [0.25, 0.3) is 11.5 Å². The first-order valence-corrected chi connectivity index (χ1v) is 8.23. The number of benzene rings is 1. The summed E-state index contributed by atoms with van der Waals surface area (Å²) in [7, 11) is 1.84. The summed E-state index contributed by atoms with van der Waals surface area (Å²) in [5.74, 6) is 0.357. The minimum absolute atomic E-state index is 0.0550. The van der Waals surface area contributed by atoms with Gasteiger partial charge in [0.1, 0.15) is 17.1 Å². The molecule has 0 saturated carbocycles. The van der Waals surface area contributed by atoms with Crippen LogP contribution in [-0.4, -0.2) is 29.6 Å². The van der Waals surface area contributed by atoms with Crippen LogP contribution in [0, 0.1) is 0 Å². The zero-order chi connectivity index (χ0) is 18.5. The van der Waals surface area contributed by atoms with Crippen molar-refractivity contribution in [2.24, 2.45) is 0 Å². The summed E-state index contributed by atoms with van der Waals surface area (Å²) in [6.45, 7) is 2.53. The van der Waals surface area contributed by atoms with Gasteiger partial charge in [-0.15, -0.1) is 0 Å². The van der Waals surface area contributed by atoms with E-state index in [-0.39, 0.29) is 18.1 Å². The molecule has 2 N–H and O–H groups in total. The monoisotopic (exact) mass is 352 g/mol. The standard InChI is InChI=1S/C19H20N4O3/c1-3-25-18(24)15-16(14-10-7-11-26-14)21-19(20)22-17(15)23(2)12-13-8-5-4-6-9-13/h4-11H,3,12H2,1-2H3,(H2,20,21,22). The average molecular weight is 352 g/mol. The third kappa shape index (κ3) is 3.66. The number of hydrogen-bond donors (Lipinski definition) is 1. The Morgan fingerprint density at radius 1 is 1.19 bits per heavy atom. The molecule has 0 amide bonds. The highest BCUT2D eigenvalue weighted by Gasteiger charge is 2.26. The molecule has 3 aromatic rings. The van der Waals surface area contributed by atoms with Crippen molar-refractivity contribution in [3.63, 3.8) is 0 Å². The Morgan fingerprint density at radius 2 is 1.96 bits per heavy atom. The number of carbonyl (C=O) groups excluding carboxylic acids is 1. The summed E-state index contributed by atoms with van der Waals surface area (Å²) in [6.07, 6.45) is 1.51. The Kier molecular flexibility index (Phi) is 5.17. The highest BCUT2D eigenvalue weighted by atomic mass is 16.5. The molecule has 0 unspecified atom stereocenters. The van der Waals surface area contributed by atoms with Crippen molar-refractivity contribution in [1.82, 2.24) is 9.97 Å². The second-order valence-corrected chi connectivity index (χ2v) is 5.67. The number of nitrogens with zero attached hydrogens (tertiary/aromatic N) is 3. The third-order valence-corrected chi connectivity index (χ3v) is 3.77. The van der Waals surface area contributed by atoms with Gasteiger partial charge in [-0.3, -0.25) is 0 Å². The van der Waals surface area contributed by atoms with E-state index in [1.807, 2.05) is 42.3 Å². The number of ether oxygens (including phenoxy) is 1. The SMILES string of the molecule is CCOC(=O)c1c(-c2ccco2)nc(N)nc1N(C)Cc1ccccc1. The predicted molar refractivity (Wildman–Crippen MR) is 98.7 cm³/mol. The van der Waals surface area contributed by atoms with Gasteiger partial charge in [-0.25, -0.2) is 9.78 Å². The van der Waals surface area contributed by atoms with Gasteiger partial charge in [-0.05, 0) is 24.6 Å². The maximum absolute atomic E-state index is 12.6. The fourth-order valence-corrected chi connectivity index (χ4v) is 2.66. The molecule has 0 aliphatic carbocycles. The van der Waals surface area contributed by atoms with Crippen molar-refractivity contribution in [2.75, 3.05) is 24.3 Å². The molecule has 7 nitrogen and oxygen atoms in total. The van der Waals surface area contributed by atoms with Gasteiger partial charge in [0.25, 0.3) is 0 Å². The third-order valence-electron chi connectivity index (χ3n) is 3.77. The highest BCUT2D eigenvalue weighted by Crippen LogP contribution is 2.30. The Labute approximate surface area is 151 Å². The molecule has 26 heavy (non-hydrogen) atoms. The van der Waals surface area contributed by atoms with E-state index in [0.717, 1.165) is 5.56 Å². The average Bonchev–Trinajstić information content (AvgIpc) is 3.16. The van der Waals surface area contributed by atoms with Gasteiger partial charge in [0, 0.05) is 13.6 Å². The number of aromatic nitrogens is 2. The van der Waals surface area contributed by atoms with Gasteiger partial charge < -0.3 is 19.8 Å². The molecule has 0 spiro atoms. The van der Waals surface area contributed by atoms with Crippen molar-refractivity contribution in [3.05, 3.63) is 59.9 Å². The fraction of sp³-hybridized carbons (Fsp3) is 0.211. The van der Waals surface area contributed by atoms with Gasteiger partial charge in [0.2, 0.25) is 5.95 Å². The van der Waals surface area contributed by atoms with Crippen LogP contribution < -0.4 is 10.6 Å². The molecule has 0 saturated heterocycles. The van der Waals surface area contributed by atoms with Crippen LogP contribution in [0.3, 0.4) is 0 Å². The lowest BCUT2D eigenvalue weighted by atomic mass is 10.1. The predicted octanol–water partition coefficient (Wildman–Crippen LogP) is 3.13. The van der Waals surface area contributed by atoms with Crippen LogP contribution in [-0.2, 0) is 11.3 Å². The summed E-state index contributed by atoms with van der Waals surface area (Å²) < 4.78 is 10.6. The Balaban J connectivity index is 2.09. The lowest BCUT2D eigenvalue weighted by Crippen LogP contribution is -2.23. The summed E-state index contributed by atoms with van der Waals surface area (Å²) >= 11 is 0. The van der Waals surface area contributed by atoms with Crippen LogP contribution in [0.5, 0.6) is 0 Å². The van der Waals surface area contributed by atoms with Crippen LogP contribution in [0.1, 0.15) is 22.8 Å². The highest BCUT2D eigenvalue weighted by molar-refractivity contribution is 6.00. The second kappa shape index (κ2) is 7.69. The van der Waals surface area contributed by atoms with Crippen molar-refractivity contribution in [1.29, 1.82) is 0 Å². The molecule has 0 bridgehead atoms. The van der Waals surface area contributed by atoms with E-state index >= 15 is 0 Å². The summed E-state index contributed by atoms with van der Waals surface area (Å²) in [6, 6.07) is 13.3. The number of furan rings is 1. The minimum Gasteiger partial charge on any atom is -0.463 e. The van der Waals surface area contributed by atoms with Gasteiger partial charge in [-0.2, -0.15) is 4.98 Å². The summed E-state index contributed by atoms with van der Waals surface area (Å²) in [5, 5.41) is 0. The lowest BCUT2D eigenvalue weighted by Gasteiger charge is -2.22. The van der Waals surface area contributed by atoms with E-state index in [1.54, 1.807) is 19.1 Å². The number of nitrogens with two attached hydrogens (primary N) is 1. The Bertz CT molecular complexity index is 879. The number of esters is 1. The molecule has 0 radical (unpaired) electrons. The number of rotatable bonds is 6. The van der Waals surface area contributed by atoms with Crippen LogP contribution in [0.15, 0.2) is 53.1 Å². The smallest absolute Gasteiger partial charge is 0.344 e.